The van der Waals surface area contributed by atoms with E-state index in [0.29, 0.717) is 0 Å². The first-order chi connectivity index (χ1) is 9.42. The third-order valence-corrected chi connectivity index (χ3v) is 3.18. The fraction of sp³-hybridized carbons (Fsp3) is 0. The van der Waals surface area contributed by atoms with E-state index in [0.717, 1.165) is 27.8 Å². The quantitative estimate of drug-likeness (QED) is 0.518. The summed E-state index contributed by atoms with van der Waals surface area (Å²) in [5, 5.41) is 1.13. The van der Waals surface area contributed by atoms with Crippen molar-refractivity contribution in [2.45, 2.75) is 0 Å². The van der Waals surface area contributed by atoms with Crippen LogP contribution in [0, 0.1) is 0 Å². The highest BCUT2D eigenvalue weighted by Crippen LogP contribution is 2.23. The molecule has 0 aliphatic carbocycles. The third kappa shape index (κ3) is 1.57. The minimum Gasteiger partial charge on any atom is -0.303 e. The predicted octanol–water partition coefficient (Wildman–Crippen LogP) is 2.94. The first-order valence-corrected chi connectivity index (χ1v) is 6.05. The minimum absolute atomic E-state index is 0.860. The van der Waals surface area contributed by atoms with Crippen LogP contribution in [0.2, 0.25) is 0 Å². The van der Waals surface area contributed by atoms with Crippen molar-refractivity contribution in [2.24, 2.45) is 0 Å². The summed E-state index contributed by atoms with van der Waals surface area (Å²) >= 11 is 0. The Bertz CT molecular complexity index is 879. The molecule has 4 nitrogen and oxygen atoms in total. The van der Waals surface area contributed by atoms with Crippen molar-refractivity contribution in [1.29, 1.82) is 0 Å². The fourth-order valence-corrected chi connectivity index (χ4v) is 2.24. The second kappa shape index (κ2) is 3.88. The maximum absolute atomic E-state index is 4.66. The molecule has 3 heterocycles. The number of pyridine rings is 1. The average Bonchev–Trinajstić information content (AvgIpc) is 2.91. The Morgan fingerprint density at radius 3 is 2.95 bits per heavy atom. The monoisotopic (exact) mass is 246 g/mol. The van der Waals surface area contributed by atoms with Gasteiger partial charge in [-0.3, -0.25) is 4.98 Å². The summed E-state index contributed by atoms with van der Waals surface area (Å²) in [6.45, 7) is 0. The molecule has 0 spiro atoms. The van der Waals surface area contributed by atoms with Gasteiger partial charge in [0, 0.05) is 17.8 Å². The fourth-order valence-electron chi connectivity index (χ4n) is 2.24. The van der Waals surface area contributed by atoms with Gasteiger partial charge in [-0.1, -0.05) is 24.3 Å². The molecular formula is C15H10N4. The van der Waals surface area contributed by atoms with Gasteiger partial charge in [-0.15, -0.1) is 0 Å². The molecule has 0 atom stereocenters. The molecule has 0 N–H and O–H groups in total. The SMILES string of the molecule is c1ccc2nc(-c3ncn4ccncc34)ccc2c1. The molecule has 0 bridgehead atoms. The molecule has 3 aromatic heterocycles. The van der Waals surface area contributed by atoms with Gasteiger partial charge in [0.2, 0.25) is 0 Å². The van der Waals surface area contributed by atoms with E-state index in [-0.39, 0.29) is 0 Å². The number of hydrogen-bond donors (Lipinski definition) is 0. The molecule has 90 valence electrons. The van der Waals surface area contributed by atoms with E-state index in [9.17, 15) is 0 Å². The third-order valence-electron chi connectivity index (χ3n) is 3.18. The smallest absolute Gasteiger partial charge is 0.116 e. The maximum Gasteiger partial charge on any atom is 0.116 e. The zero-order valence-electron chi connectivity index (χ0n) is 10.1. The van der Waals surface area contributed by atoms with Crippen LogP contribution in [0.5, 0.6) is 0 Å². The van der Waals surface area contributed by atoms with Gasteiger partial charge in [0.15, 0.2) is 0 Å². The molecule has 0 radical (unpaired) electrons. The maximum atomic E-state index is 4.66. The van der Waals surface area contributed by atoms with E-state index in [1.807, 2.05) is 34.9 Å². The molecule has 4 heteroatoms. The highest BCUT2D eigenvalue weighted by atomic mass is 15.0. The molecule has 4 rings (SSSR count). The lowest BCUT2D eigenvalue weighted by molar-refractivity contribution is 1.11. The molecule has 19 heavy (non-hydrogen) atoms. The number of imidazole rings is 1. The van der Waals surface area contributed by atoms with E-state index in [1.165, 1.54) is 0 Å². The molecule has 0 saturated carbocycles. The molecule has 1 aromatic carbocycles. The molecule has 0 fully saturated rings. The second-order valence-corrected chi connectivity index (χ2v) is 4.35. The molecule has 0 aliphatic heterocycles. The van der Waals surface area contributed by atoms with Crippen molar-refractivity contribution in [3.05, 3.63) is 61.3 Å². The molecule has 0 unspecified atom stereocenters. The van der Waals surface area contributed by atoms with Crippen molar-refractivity contribution >= 4 is 16.4 Å². The van der Waals surface area contributed by atoms with Crippen LogP contribution < -0.4 is 0 Å². The van der Waals surface area contributed by atoms with Crippen LogP contribution in [0.25, 0.3) is 27.8 Å². The number of fused-ring (bicyclic) bond motifs is 2. The van der Waals surface area contributed by atoms with Crippen LogP contribution in [0.15, 0.2) is 61.3 Å². The van der Waals surface area contributed by atoms with Crippen molar-refractivity contribution in [1.82, 2.24) is 19.4 Å². The lowest BCUT2D eigenvalue weighted by atomic mass is 10.2. The van der Waals surface area contributed by atoms with E-state index in [4.69, 9.17) is 0 Å². The standard InChI is InChI=1S/C15H10N4/c1-2-4-12-11(3-1)5-6-13(18-12)15-14-9-16-7-8-19(14)10-17-15/h1-10H. The predicted molar refractivity (Wildman–Crippen MR) is 73.7 cm³/mol. The highest BCUT2D eigenvalue weighted by Gasteiger charge is 2.08. The van der Waals surface area contributed by atoms with E-state index < -0.39 is 0 Å². The Morgan fingerprint density at radius 2 is 1.95 bits per heavy atom. The topological polar surface area (TPSA) is 43.1 Å². The first kappa shape index (κ1) is 10.2. The number of rotatable bonds is 1. The van der Waals surface area contributed by atoms with E-state index in [1.54, 1.807) is 18.7 Å². The summed E-state index contributed by atoms with van der Waals surface area (Å²) in [7, 11) is 0. The lowest BCUT2D eigenvalue weighted by Gasteiger charge is -2.01. The summed E-state index contributed by atoms with van der Waals surface area (Å²) in [5.74, 6) is 0. The Labute approximate surface area is 109 Å². The second-order valence-electron chi connectivity index (χ2n) is 4.35. The zero-order chi connectivity index (χ0) is 12.7. The summed E-state index contributed by atoms with van der Waals surface area (Å²) in [6.07, 6.45) is 7.21. The van der Waals surface area contributed by atoms with Gasteiger partial charge in [0.05, 0.1) is 22.9 Å². The number of nitrogens with zero attached hydrogens (tertiary/aromatic N) is 4. The van der Waals surface area contributed by atoms with Crippen LogP contribution >= 0.6 is 0 Å². The molecule has 0 amide bonds. The van der Waals surface area contributed by atoms with Gasteiger partial charge in [0.1, 0.15) is 12.0 Å². The van der Waals surface area contributed by atoms with Gasteiger partial charge in [-0.2, -0.15) is 0 Å². The van der Waals surface area contributed by atoms with Crippen LogP contribution in [0.3, 0.4) is 0 Å². The van der Waals surface area contributed by atoms with Crippen molar-refractivity contribution < 1.29 is 0 Å². The van der Waals surface area contributed by atoms with Crippen LogP contribution in [-0.4, -0.2) is 19.4 Å². The molecule has 4 aromatic rings. The normalized spacial score (nSPS) is 11.2. The van der Waals surface area contributed by atoms with Crippen LogP contribution in [0.4, 0.5) is 0 Å². The Kier molecular flexibility index (Phi) is 2.08. The molecule has 0 saturated heterocycles. The Morgan fingerprint density at radius 1 is 1.00 bits per heavy atom. The van der Waals surface area contributed by atoms with Crippen LogP contribution in [0.1, 0.15) is 0 Å². The van der Waals surface area contributed by atoms with Gasteiger partial charge in [0.25, 0.3) is 0 Å². The number of aromatic nitrogens is 4. The van der Waals surface area contributed by atoms with Gasteiger partial charge in [-0.25, -0.2) is 9.97 Å². The summed E-state index contributed by atoms with van der Waals surface area (Å²) in [4.78, 5) is 13.2. The highest BCUT2D eigenvalue weighted by molar-refractivity contribution is 5.83. The van der Waals surface area contributed by atoms with Crippen molar-refractivity contribution in [2.75, 3.05) is 0 Å². The minimum atomic E-state index is 0.860. The van der Waals surface area contributed by atoms with Gasteiger partial charge < -0.3 is 4.40 Å². The average molecular weight is 246 g/mol. The Balaban J connectivity index is 1.99. The van der Waals surface area contributed by atoms with Crippen molar-refractivity contribution in [3.8, 4) is 11.4 Å². The van der Waals surface area contributed by atoms with E-state index in [2.05, 4.69) is 27.1 Å². The summed E-state index contributed by atoms with van der Waals surface area (Å²) < 4.78 is 1.94. The largest absolute Gasteiger partial charge is 0.303 e. The zero-order valence-corrected chi connectivity index (χ0v) is 10.1. The van der Waals surface area contributed by atoms with E-state index >= 15 is 0 Å². The Hall–Kier alpha value is -2.75. The molecular weight excluding hydrogens is 236 g/mol. The number of hydrogen-bond acceptors (Lipinski definition) is 3. The van der Waals surface area contributed by atoms with Crippen LogP contribution in [-0.2, 0) is 0 Å². The van der Waals surface area contributed by atoms with Crippen molar-refractivity contribution in [3.63, 3.8) is 0 Å². The van der Waals surface area contributed by atoms with Gasteiger partial charge in [-0.05, 0) is 12.1 Å². The number of benzene rings is 1. The lowest BCUT2D eigenvalue weighted by Crippen LogP contribution is -1.87. The molecule has 0 aliphatic rings. The van der Waals surface area contributed by atoms with Gasteiger partial charge >= 0.3 is 0 Å². The summed E-state index contributed by atoms with van der Waals surface area (Å²) in [5.41, 5.74) is 3.67. The first-order valence-electron chi connectivity index (χ1n) is 6.05. The number of para-hydroxylation sites is 1. The summed E-state index contributed by atoms with van der Waals surface area (Å²) in [6, 6.07) is 12.1.